The smallest absolute Gasteiger partial charge is 0.135 e. The molecule has 1 aliphatic heterocycles. The van der Waals surface area contributed by atoms with Gasteiger partial charge in [-0.05, 0) is 13.8 Å². The van der Waals surface area contributed by atoms with Gasteiger partial charge < -0.3 is 10.2 Å². The average molecular weight is 280 g/mol. The molecule has 0 spiro atoms. The van der Waals surface area contributed by atoms with Crippen LogP contribution in [0.4, 0.5) is 11.6 Å². The highest BCUT2D eigenvalue weighted by molar-refractivity contribution is 8.00. The van der Waals surface area contributed by atoms with Crippen molar-refractivity contribution in [1.82, 2.24) is 9.97 Å². The zero-order chi connectivity index (χ0) is 14.0. The summed E-state index contributed by atoms with van der Waals surface area (Å²) in [6, 6.07) is 2.05. The summed E-state index contributed by atoms with van der Waals surface area (Å²) in [6.07, 6.45) is 0. The number of rotatable bonds is 3. The number of nitrogens with one attached hydrogen (secondary N) is 1. The molecule has 0 amide bonds. The third kappa shape index (κ3) is 3.53. The Morgan fingerprint density at radius 1 is 1.37 bits per heavy atom. The van der Waals surface area contributed by atoms with Gasteiger partial charge in [-0.2, -0.15) is 11.8 Å². The van der Waals surface area contributed by atoms with Crippen LogP contribution in [0.5, 0.6) is 0 Å². The number of thioether (sulfide) groups is 1. The molecule has 0 aliphatic carbocycles. The number of hydrogen-bond donors (Lipinski definition) is 1. The van der Waals surface area contributed by atoms with E-state index in [0.29, 0.717) is 10.7 Å². The average Bonchev–Trinajstić information content (AvgIpc) is 2.37. The van der Waals surface area contributed by atoms with E-state index in [9.17, 15) is 0 Å². The fourth-order valence-electron chi connectivity index (χ4n) is 2.21. The molecule has 19 heavy (non-hydrogen) atoms. The van der Waals surface area contributed by atoms with Crippen LogP contribution in [-0.2, 0) is 0 Å². The molecule has 1 saturated heterocycles. The Bertz CT molecular complexity index is 445. The van der Waals surface area contributed by atoms with Crippen LogP contribution in [0.2, 0.25) is 0 Å². The monoisotopic (exact) mass is 280 g/mol. The Morgan fingerprint density at radius 3 is 2.68 bits per heavy atom. The molecule has 0 aromatic carbocycles. The maximum atomic E-state index is 4.74. The molecule has 2 heterocycles. The van der Waals surface area contributed by atoms with Crippen molar-refractivity contribution < 1.29 is 0 Å². The Labute approximate surface area is 120 Å². The predicted octanol–water partition coefficient (Wildman–Crippen LogP) is 2.97. The van der Waals surface area contributed by atoms with E-state index in [4.69, 9.17) is 4.98 Å². The van der Waals surface area contributed by atoms with E-state index in [0.717, 1.165) is 36.3 Å². The minimum Gasteiger partial charge on any atom is -0.373 e. The van der Waals surface area contributed by atoms with Crippen LogP contribution in [0.25, 0.3) is 0 Å². The zero-order valence-electron chi connectivity index (χ0n) is 12.5. The summed E-state index contributed by atoms with van der Waals surface area (Å²) in [5.41, 5.74) is 0. The van der Waals surface area contributed by atoms with Crippen LogP contribution in [0.1, 0.15) is 39.4 Å². The van der Waals surface area contributed by atoms with Crippen molar-refractivity contribution in [3.8, 4) is 0 Å². The van der Waals surface area contributed by atoms with Crippen LogP contribution in [0.15, 0.2) is 6.07 Å². The van der Waals surface area contributed by atoms with E-state index < -0.39 is 0 Å². The zero-order valence-corrected chi connectivity index (χ0v) is 13.3. The molecule has 1 fully saturated rings. The molecule has 0 unspecified atom stereocenters. The Kier molecular flexibility index (Phi) is 4.23. The maximum Gasteiger partial charge on any atom is 0.135 e. The first-order valence-electron chi connectivity index (χ1n) is 6.87. The molecule has 0 saturated carbocycles. The largest absolute Gasteiger partial charge is 0.373 e. The highest BCUT2D eigenvalue weighted by atomic mass is 32.2. The third-order valence-electron chi connectivity index (χ3n) is 3.25. The van der Waals surface area contributed by atoms with Crippen LogP contribution >= 0.6 is 11.8 Å². The van der Waals surface area contributed by atoms with Gasteiger partial charge in [0.25, 0.3) is 0 Å². The van der Waals surface area contributed by atoms with Crippen molar-refractivity contribution in [2.75, 3.05) is 36.1 Å². The fourth-order valence-corrected chi connectivity index (χ4v) is 3.32. The Morgan fingerprint density at radius 2 is 2.11 bits per heavy atom. The number of nitrogens with zero attached hydrogens (tertiary/aromatic N) is 3. The number of aromatic nitrogens is 2. The van der Waals surface area contributed by atoms with Gasteiger partial charge in [-0.15, -0.1) is 0 Å². The Hall–Kier alpha value is -0.970. The summed E-state index contributed by atoms with van der Waals surface area (Å²) < 4.78 is 0.293. The van der Waals surface area contributed by atoms with E-state index in [1.54, 1.807) is 0 Å². The van der Waals surface area contributed by atoms with Crippen molar-refractivity contribution in [2.45, 2.75) is 38.4 Å². The van der Waals surface area contributed by atoms with Crippen molar-refractivity contribution >= 4 is 23.4 Å². The van der Waals surface area contributed by atoms with Gasteiger partial charge in [0.2, 0.25) is 0 Å². The molecule has 0 bridgehead atoms. The first-order chi connectivity index (χ1) is 8.91. The SMILES string of the molecule is CNc1cc(N2CCSC(C)(C)C2)nc(C(C)C)n1. The molecule has 1 aliphatic rings. The molecule has 1 aromatic rings. The lowest BCUT2D eigenvalue weighted by molar-refractivity contribution is 0.638. The van der Waals surface area contributed by atoms with E-state index in [2.05, 4.69) is 49.0 Å². The molecule has 1 aromatic heterocycles. The summed E-state index contributed by atoms with van der Waals surface area (Å²) in [7, 11) is 1.91. The lowest BCUT2D eigenvalue weighted by Crippen LogP contribution is -2.43. The Balaban J connectivity index is 2.30. The molecule has 0 atom stereocenters. The van der Waals surface area contributed by atoms with Crippen LogP contribution in [-0.4, -0.2) is 40.6 Å². The standard InChI is InChI=1S/C14H24N4S/c1-10(2)13-16-11(15-5)8-12(17-13)18-6-7-19-14(3,4)9-18/h8,10H,6-7,9H2,1-5H3,(H,15,16,17). The van der Waals surface area contributed by atoms with Gasteiger partial charge in [-0.25, -0.2) is 9.97 Å². The molecule has 106 valence electrons. The second kappa shape index (κ2) is 5.57. The van der Waals surface area contributed by atoms with Crippen LogP contribution in [0.3, 0.4) is 0 Å². The van der Waals surface area contributed by atoms with Gasteiger partial charge in [-0.1, -0.05) is 13.8 Å². The molecule has 4 nitrogen and oxygen atoms in total. The van der Waals surface area contributed by atoms with Gasteiger partial charge >= 0.3 is 0 Å². The minimum absolute atomic E-state index is 0.293. The molecular formula is C14H24N4S. The molecule has 2 rings (SSSR count). The van der Waals surface area contributed by atoms with E-state index >= 15 is 0 Å². The lowest BCUT2D eigenvalue weighted by atomic mass is 10.2. The topological polar surface area (TPSA) is 41.0 Å². The van der Waals surface area contributed by atoms with Gasteiger partial charge in [0.15, 0.2) is 0 Å². The highest BCUT2D eigenvalue weighted by Crippen LogP contribution is 2.32. The van der Waals surface area contributed by atoms with Crippen LogP contribution in [0, 0.1) is 0 Å². The maximum absolute atomic E-state index is 4.74. The summed E-state index contributed by atoms with van der Waals surface area (Å²) >= 11 is 2.04. The van der Waals surface area contributed by atoms with Gasteiger partial charge in [-0.3, -0.25) is 0 Å². The van der Waals surface area contributed by atoms with Gasteiger partial charge in [0.1, 0.15) is 17.5 Å². The summed E-state index contributed by atoms with van der Waals surface area (Å²) in [5, 5.41) is 3.14. The van der Waals surface area contributed by atoms with Crippen molar-refractivity contribution in [3.63, 3.8) is 0 Å². The van der Waals surface area contributed by atoms with Crippen molar-refractivity contribution in [3.05, 3.63) is 11.9 Å². The second-order valence-electron chi connectivity index (χ2n) is 5.90. The quantitative estimate of drug-likeness (QED) is 0.922. The first-order valence-corrected chi connectivity index (χ1v) is 7.85. The van der Waals surface area contributed by atoms with Crippen molar-refractivity contribution in [1.29, 1.82) is 0 Å². The lowest BCUT2D eigenvalue weighted by Gasteiger charge is -2.38. The molecule has 1 N–H and O–H groups in total. The van der Waals surface area contributed by atoms with Gasteiger partial charge in [0, 0.05) is 42.6 Å². The molecule has 0 radical (unpaired) electrons. The van der Waals surface area contributed by atoms with E-state index in [1.807, 2.05) is 18.8 Å². The summed E-state index contributed by atoms with van der Waals surface area (Å²) in [4.78, 5) is 11.6. The molecule has 5 heteroatoms. The minimum atomic E-state index is 0.293. The summed E-state index contributed by atoms with van der Waals surface area (Å²) in [6.45, 7) is 11.0. The van der Waals surface area contributed by atoms with Crippen LogP contribution < -0.4 is 10.2 Å². The third-order valence-corrected chi connectivity index (χ3v) is 4.55. The fraction of sp³-hybridized carbons (Fsp3) is 0.714. The summed E-state index contributed by atoms with van der Waals surface area (Å²) in [5.74, 6) is 4.38. The number of hydrogen-bond acceptors (Lipinski definition) is 5. The predicted molar refractivity (Wildman–Crippen MR) is 84.4 cm³/mol. The second-order valence-corrected chi connectivity index (χ2v) is 7.71. The van der Waals surface area contributed by atoms with Crippen molar-refractivity contribution in [2.24, 2.45) is 0 Å². The number of anilines is 2. The highest BCUT2D eigenvalue weighted by Gasteiger charge is 2.28. The first kappa shape index (κ1) is 14.4. The normalized spacial score (nSPS) is 18.7. The van der Waals surface area contributed by atoms with E-state index in [-0.39, 0.29) is 0 Å². The molecular weight excluding hydrogens is 256 g/mol. The van der Waals surface area contributed by atoms with E-state index in [1.165, 1.54) is 0 Å². The van der Waals surface area contributed by atoms with Gasteiger partial charge in [0.05, 0.1) is 0 Å².